The van der Waals surface area contributed by atoms with Crippen LogP contribution in [0.4, 0.5) is 0 Å². The SMILES string of the molecule is [B]c1c(C)cc(OCCCN(O)O)cc1C. The standard InChI is InChI=1S/C11H16BNO3/c1-8-6-10(7-9(2)11(8)12)16-5-3-4-13(14)15/h6-7,14-15H,3-5H2,1-2H3. The maximum Gasteiger partial charge on any atom is 0.119 e. The van der Waals surface area contributed by atoms with E-state index >= 15 is 0 Å². The Bertz CT molecular complexity index is 332. The highest BCUT2D eigenvalue weighted by Crippen LogP contribution is 2.14. The Labute approximate surface area is 96.8 Å². The van der Waals surface area contributed by atoms with Crippen LogP contribution in [0.1, 0.15) is 17.5 Å². The first-order valence-electron chi connectivity index (χ1n) is 5.15. The summed E-state index contributed by atoms with van der Waals surface area (Å²) in [7, 11) is 5.82. The zero-order valence-corrected chi connectivity index (χ0v) is 9.60. The summed E-state index contributed by atoms with van der Waals surface area (Å²) in [5.41, 5.74) is 2.76. The predicted octanol–water partition coefficient (Wildman–Crippen LogP) is 0.947. The molecule has 0 amide bonds. The van der Waals surface area contributed by atoms with Crippen LogP contribution in [0.3, 0.4) is 0 Å². The van der Waals surface area contributed by atoms with Crippen molar-refractivity contribution in [1.82, 2.24) is 5.23 Å². The molecule has 1 rings (SSSR count). The molecule has 1 aromatic rings. The van der Waals surface area contributed by atoms with Gasteiger partial charge in [0.1, 0.15) is 13.6 Å². The number of ether oxygens (including phenoxy) is 1. The third-order valence-corrected chi connectivity index (χ3v) is 2.34. The summed E-state index contributed by atoms with van der Waals surface area (Å²) in [5, 5.41) is 17.1. The topological polar surface area (TPSA) is 52.9 Å². The van der Waals surface area contributed by atoms with Crippen LogP contribution in [0.5, 0.6) is 5.75 Å². The Kier molecular flexibility index (Phi) is 4.80. The maximum atomic E-state index is 8.49. The van der Waals surface area contributed by atoms with Crippen LogP contribution in [0.25, 0.3) is 0 Å². The minimum Gasteiger partial charge on any atom is -0.494 e. The van der Waals surface area contributed by atoms with Gasteiger partial charge in [-0.05, 0) is 32.4 Å². The first kappa shape index (κ1) is 13.0. The molecule has 2 N–H and O–H groups in total. The van der Waals surface area contributed by atoms with Crippen LogP contribution in [0, 0.1) is 13.8 Å². The fraction of sp³-hybridized carbons (Fsp3) is 0.455. The molecule has 0 aliphatic heterocycles. The summed E-state index contributed by atoms with van der Waals surface area (Å²) >= 11 is 0. The highest BCUT2D eigenvalue weighted by molar-refractivity contribution is 6.34. The van der Waals surface area contributed by atoms with Crippen LogP contribution in [-0.4, -0.2) is 36.6 Å². The number of hydrogen-bond donors (Lipinski definition) is 2. The molecular formula is C11H16BNO3. The lowest BCUT2D eigenvalue weighted by molar-refractivity contribution is -0.307. The minimum atomic E-state index is 0.156. The molecule has 0 unspecified atom stereocenters. The summed E-state index contributed by atoms with van der Waals surface area (Å²) in [4.78, 5) is 0. The molecule has 0 atom stereocenters. The molecule has 16 heavy (non-hydrogen) atoms. The number of benzene rings is 1. The van der Waals surface area contributed by atoms with Crippen molar-refractivity contribution in [3.05, 3.63) is 23.3 Å². The van der Waals surface area contributed by atoms with Crippen molar-refractivity contribution in [1.29, 1.82) is 0 Å². The Morgan fingerprint density at radius 1 is 1.25 bits per heavy atom. The van der Waals surface area contributed by atoms with E-state index in [0.29, 0.717) is 13.0 Å². The van der Waals surface area contributed by atoms with E-state index in [1.54, 1.807) is 0 Å². The lowest BCUT2D eigenvalue weighted by Crippen LogP contribution is -2.17. The van der Waals surface area contributed by atoms with E-state index in [2.05, 4.69) is 0 Å². The molecule has 2 radical (unpaired) electrons. The first-order chi connectivity index (χ1) is 7.50. The number of nitrogens with zero attached hydrogens (tertiary/aromatic N) is 1. The second-order valence-electron chi connectivity index (χ2n) is 3.77. The lowest BCUT2D eigenvalue weighted by atomic mass is 9.87. The minimum absolute atomic E-state index is 0.156. The number of hydroxylamine groups is 2. The Hall–Kier alpha value is -1.04. The van der Waals surface area contributed by atoms with Crippen LogP contribution >= 0.6 is 0 Å². The molecule has 1 aromatic carbocycles. The molecule has 0 saturated heterocycles. The third kappa shape index (κ3) is 3.85. The maximum absolute atomic E-state index is 8.49. The zero-order chi connectivity index (χ0) is 12.1. The highest BCUT2D eigenvalue weighted by atomic mass is 16.8. The Morgan fingerprint density at radius 3 is 2.31 bits per heavy atom. The van der Waals surface area contributed by atoms with Gasteiger partial charge in [-0.2, -0.15) is 0 Å². The van der Waals surface area contributed by atoms with Gasteiger partial charge in [-0.15, -0.1) is 0 Å². The average Bonchev–Trinajstić information content (AvgIpc) is 2.20. The summed E-state index contributed by atoms with van der Waals surface area (Å²) in [6.07, 6.45) is 0.537. The van der Waals surface area contributed by atoms with Crippen molar-refractivity contribution in [2.75, 3.05) is 13.2 Å². The zero-order valence-electron chi connectivity index (χ0n) is 9.60. The monoisotopic (exact) mass is 221 g/mol. The molecule has 0 aromatic heterocycles. The molecule has 0 heterocycles. The van der Waals surface area contributed by atoms with Crippen LogP contribution in [0.15, 0.2) is 12.1 Å². The van der Waals surface area contributed by atoms with E-state index in [4.69, 9.17) is 23.0 Å². The summed E-state index contributed by atoms with van der Waals surface area (Å²) in [5.74, 6) is 0.756. The van der Waals surface area contributed by atoms with Crippen LogP contribution < -0.4 is 10.2 Å². The van der Waals surface area contributed by atoms with Crippen LogP contribution in [0.2, 0.25) is 0 Å². The quantitative estimate of drug-likeness (QED) is 0.441. The smallest absolute Gasteiger partial charge is 0.119 e. The van der Waals surface area contributed by atoms with E-state index in [1.807, 2.05) is 26.0 Å². The average molecular weight is 221 g/mol. The van der Waals surface area contributed by atoms with Crippen molar-refractivity contribution in [3.63, 3.8) is 0 Å². The number of aryl methyl sites for hydroxylation is 2. The number of hydrogen-bond acceptors (Lipinski definition) is 4. The lowest BCUT2D eigenvalue weighted by Gasteiger charge is -2.11. The van der Waals surface area contributed by atoms with Gasteiger partial charge in [0.15, 0.2) is 0 Å². The Balaban J connectivity index is 2.49. The number of rotatable bonds is 5. The molecule has 0 spiro atoms. The molecule has 0 aliphatic rings. The van der Waals surface area contributed by atoms with Gasteiger partial charge >= 0.3 is 0 Å². The molecule has 4 nitrogen and oxygen atoms in total. The third-order valence-electron chi connectivity index (χ3n) is 2.34. The fourth-order valence-electron chi connectivity index (χ4n) is 1.41. The van der Waals surface area contributed by atoms with E-state index in [9.17, 15) is 0 Å². The van der Waals surface area contributed by atoms with Crippen LogP contribution in [-0.2, 0) is 0 Å². The van der Waals surface area contributed by atoms with Gasteiger partial charge < -0.3 is 4.74 Å². The Morgan fingerprint density at radius 2 is 1.81 bits per heavy atom. The second kappa shape index (κ2) is 5.89. The fourth-order valence-corrected chi connectivity index (χ4v) is 1.41. The van der Waals surface area contributed by atoms with E-state index in [0.717, 1.165) is 22.3 Å². The summed E-state index contributed by atoms with van der Waals surface area (Å²) < 4.78 is 5.47. The van der Waals surface area contributed by atoms with E-state index < -0.39 is 0 Å². The van der Waals surface area contributed by atoms with Gasteiger partial charge in [0.25, 0.3) is 0 Å². The van der Waals surface area contributed by atoms with Crippen molar-refractivity contribution >= 4 is 13.3 Å². The molecule has 0 aliphatic carbocycles. The molecule has 86 valence electrons. The molecule has 0 fully saturated rings. The van der Waals surface area contributed by atoms with Crippen molar-refractivity contribution in [2.45, 2.75) is 20.3 Å². The molecule has 0 saturated carbocycles. The second-order valence-corrected chi connectivity index (χ2v) is 3.77. The van der Waals surface area contributed by atoms with Gasteiger partial charge in [0.05, 0.1) is 13.2 Å². The van der Waals surface area contributed by atoms with Gasteiger partial charge in [-0.1, -0.05) is 21.8 Å². The van der Waals surface area contributed by atoms with Gasteiger partial charge in [0, 0.05) is 0 Å². The predicted molar refractivity (Wildman–Crippen MR) is 61.7 cm³/mol. The van der Waals surface area contributed by atoms with Gasteiger partial charge in [-0.3, -0.25) is 10.4 Å². The van der Waals surface area contributed by atoms with Crippen molar-refractivity contribution in [2.24, 2.45) is 0 Å². The molecule has 5 heteroatoms. The first-order valence-corrected chi connectivity index (χ1v) is 5.15. The molecular weight excluding hydrogens is 205 g/mol. The highest BCUT2D eigenvalue weighted by Gasteiger charge is 2.01. The summed E-state index contributed by atoms with van der Waals surface area (Å²) in [6.45, 7) is 4.45. The van der Waals surface area contributed by atoms with Gasteiger partial charge in [0.2, 0.25) is 0 Å². The van der Waals surface area contributed by atoms with Crippen molar-refractivity contribution < 1.29 is 15.2 Å². The molecule has 0 bridgehead atoms. The van der Waals surface area contributed by atoms with Gasteiger partial charge in [-0.25, -0.2) is 0 Å². The van der Waals surface area contributed by atoms with Crippen molar-refractivity contribution in [3.8, 4) is 5.75 Å². The normalized spacial score (nSPS) is 10.8. The summed E-state index contributed by atoms with van der Waals surface area (Å²) in [6, 6.07) is 3.75. The van der Waals surface area contributed by atoms with E-state index in [1.165, 1.54) is 0 Å². The van der Waals surface area contributed by atoms with E-state index in [-0.39, 0.29) is 11.8 Å². The largest absolute Gasteiger partial charge is 0.494 e.